The van der Waals surface area contributed by atoms with Crippen LogP contribution in [0.25, 0.3) is 0 Å². The molecule has 4 nitrogen and oxygen atoms in total. The number of nitrogens with zero attached hydrogens (tertiary/aromatic N) is 2. The number of ether oxygens (including phenoxy) is 1. The second kappa shape index (κ2) is 6.00. The molecule has 2 fully saturated rings. The molecule has 0 radical (unpaired) electrons. The molecule has 2 heterocycles. The van der Waals surface area contributed by atoms with Crippen LogP contribution >= 0.6 is 11.3 Å². The van der Waals surface area contributed by atoms with E-state index < -0.39 is 0 Å². The van der Waals surface area contributed by atoms with Crippen molar-refractivity contribution in [3.05, 3.63) is 10.6 Å². The molecule has 1 N–H and O–H groups in total. The lowest BCUT2D eigenvalue weighted by molar-refractivity contribution is 0.178. The van der Waals surface area contributed by atoms with Crippen LogP contribution in [0.1, 0.15) is 49.1 Å². The highest BCUT2D eigenvalue weighted by atomic mass is 32.1. The minimum atomic E-state index is 0.0636. The Morgan fingerprint density at radius 3 is 2.55 bits per heavy atom. The third-order valence-corrected chi connectivity index (χ3v) is 6.09. The van der Waals surface area contributed by atoms with Gasteiger partial charge in [0.05, 0.1) is 23.8 Å². The molecular weight excluding hydrogens is 272 g/mol. The highest BCUT2D eigenvalue weighted by Crippen LogP contribution is 2.47. The molecule has 1 aromatic rings. The monoisotopic (exact) mass is 296 g/mol. The average Bonchev–Trinajstić information content (AvgIpc) is 3.08. The molecule has 0 atom stereocenters. The fourth-order valence-electron chi connectivity index (χ4n) is 3.68. The molecule has 3 rings (SSSR count). The zero-order chi connectivity index (χ0) is 14.0. The van der Waals surface area contributed by atoms with E-state index in [1.54, 1.807) is 18.4 Å². The van der Waals surface area contributed by atoms with Gasteiger partial charge < -0.3 is 14.7 Å². The maximum absolute atomic E-state index is 9.42. The van der Waals surface area contributed by atoms with Crippen molar-refractivity contribution in [3.63, 3.8) is 0 Å². The van der Waals surface area contributed by atoms with Crippen molar-refractivity contribution in [3.8, 4) is 0 Å². The van der Waals surface area contributed by atoms with Gasteiger partial charge in [-0.2, -0.15) is 0 Å². The minimum Gasteiger partial charge on any atom is -0.391 e. The van der Waals surface area contributed by atoms with Gasteiger partial charge >= 0.3 is 0 Å². The fraction of sp³-hybridized carbons (Fsp3) is 0.800. The van der Waals surface area contributed by atoms with Crippen LogP contribution in [-0.4, -0.2) is 30.3 Å². The van der Waals surface area contributed by atoms with E-state index in [0.717, 1.165) is 28.8 Å². The predicted molar refractivity (Wildman–Crippen MR) is 81.1 cm³/mol. The number of thiazole rings is 1. The molecule has 20 heavy (non-hydrogen) atoms. The Balaban J connectivity index is 1.68. The Morgan fingerprint density at radius 1 is 1.25 bits per heavy atom. The molecule has 1 aliphatic heterocycles. The largest absolute Gasteiger partial charge is 0.391 e. The van der Waals surface area contributed by atoms with Crippen molar-refractivity contribution >= 4 is 16.5 Å². The van der Waals surface area contributed by atoms with Gasteiger partial charge in [0, 0.05) is 20.2 Å². The van der Waals surface area contributed by atoms with Crippen LogP contribution in [0.3, 0.4) is 0 Å². The molecule has 1 aliphatic carbocycles. The van der Waals surface area contributed by atoms with E-state index in [1.807, 2.05) is 0 Å². The van der Waals surface area contributed by atoms with Crippen molar-refractivity contribution in [1.29, 1.82) is 0 Å². The van der Waals surface area contributed by atoms with E-state index in [9.17, 15) is 5.11 Å². The normalized spacial score (nSPS) is 21.8. The number of methoxy groups -OCH3 is 1. The summed E-state index contributed by atoms with van der Waals surface area (Å²) in [7, 11) is 1.67. The second-order valence-corrected chi connectivity index (χ2v) is 7.21. The third-order valence-electron chi connectivity index (χ3n) is 4.95. The van der Waals surface area contributed by atoms with Gasteiger partial charge in [0.2, 0.25) is 0 Å². The van der Waals surface area contributed by atoms with Crippen LogP contribution in [0.5, 0.6) is 0 Å². The molecule has 0 unspecified atom stereocenters. The van der Waals surface area contributed by atoms with E-state index in [2.05, 4.69) is 9.88 Å². The number of piperidine rings is 1. The summed E-state index contributed by atoms with van der Waals surface area (Å²) in [5.74, 6) is 0. The molecule has 0 bridgehead atoms. The smallest absolute Gasteiger partial charge is 0.185 e. The Hall–Kier alpha value is -0.650. The molecule has 112 valence electrons. The number of hydrogen-bond donors (Lipinski definition) is 1. The lowest BCUT2D eigenvalue weighted by atomic mass is 9.77. The van der Waals surface area contributed by atoms with Crippen LogP contribution in [0.15, 0.2) is 0 Å². The zero-order valence-electron chi connectivity index (χ0n) is 12.2. The first-order chi connectivity index (χ1) is 9.76. The van der Waals surface area contributed by atoms with E-state index in [-0.39, 0.29) is 6.61 Å². The van der Waals surface area contributed by atoms with Crippen LogP contribution < -0.4 is 4.90 Å². The number of rotatable bonds is 4. The molecular formula is C15H24N2O2S. The third kappa shape index (κ3) is 2.71. The summed E-state index contributed by atoms with van der Waals surface area (Å²) in [5.41, 5.74) is 1.54. The van der Waals surface area contributed by atoms with Crippen molar-refractivity contribution in [2.24, 2.45) is 5.41 Å². The first-order valence-corrected chi connectivity index (χ1v) is 8.41. The van der Waals surface area contributed by atoms with Crippen LogP contribution in [-0.2, 0) is 18.0 Å². The molecule has 2 aliphatic rings. The van der Waals surface area contributed by atoms with E-state index in [4.69, 9.17) is 4.74 Å². The van der Waals surface area contributed by atoms with Crippen LogP contribution in [0.4, 0.5) is 5.13 Å². The van der Waals surface area contributed by atoms with Crippen molar-refractivity contribution in [2.45, 2.75) is 51.7 Å². The number of anilines is 1. The van der Waals surface area contributed by atoms with Gasteiger partial charge in [-0.25, -0.2) is 4.98 Å². The predicted octanol–water partition coefficient (Wildman–Crippen LogP) is 2.94. The molecule has 0 aromatic carbocycles. The second-order valence-electron chi connectivity index (χ2n) is 6.15. The topological polar surface area (TPSA) is 45.6 Å². The molecule has 1 saturated carbocycles. The molecule has 0 amide bonds. The van der Waals surface area contributed by atoms with Crippen molar-refractivity contribution < 1.29 is 9.84 Å². The zero-order valence-corrected chi connectivity index (χ0v) is 13.0. The fourth-order valence-corrected chi connectivity index (χ4v) is 4.65. The number of hydrogen-bond acceptors (Lipinski definition) is 5. The SMILES string of the molecule is COCc1nc(N2CCC3(CCCC3)CC2)sc1CO. The number of aliphatic hydroxyl groups is 1. The Morgan fingerprint density at radius 2 is 1.95 bits per heavy atom. The Labute approximate surface area is 124 Å². The Bertz CT molecular complexity index is 445. The van der Waals surface area contributed by atoms with Gasteiger partial charge in [0.25, 0.3) is 0 Å². The van der Waals surface area contributed by atoms with Gasteiger partial charge in [-0.3, -0.25) is 0 Å². The lowest BCUT2D eigenvalue weighted by Gasteiger charge is -2.39. The number of aliphatic hydroxyl groups excluding tert-OH is 1. The van der Waals surface area contributed by atoms with Gasteiger partial charge in [-0.15, -0.1) is 0 Å². The van der Waals surface area contributed by atoms with Crippen molar-refractivity contribution in [2.75, 3.05) is 25.1 Å². The quantitative estimate of drug-likeness (QED) is 0.928. The minimum absolute atomic E-state index is 0.0636. The summed E-state index contributed by atoms with van der Waals surface area (Å²) in [6, 6.07) is 0. The summed E-state index contributed by atoms with van der Waals surface area (Å²) in [4.78, 5) is 8.01. The average molecular weight is 296 g/mol. The Kier molecular flexibility index (Phi) is 4.29. The molecule has 5 heteroatoms. The van der Waals surface area contributed by atoms with E-state index in [1.165, 1.54) is 38.5 Å². The van der Waals surface area contributed by atoms with Gasteiger partial charge in [-0.1, -0.05) is 24.2 Å². The summed E-state index contributed by atoms with van der Waals surface area (Å²) in [6.07, 6.45) is 8.31. The summed E-state index contributed by atoms with van der Waals surface area (Å²) in [5, 5.41) is 10.5. The summed E-state index contributed by atoms with van der Waals surface area (Å²) < 4.78 is 5.16. The lowest BCUT2D eigenvalue weighted by Crippen LogP contribution is -2.38. The van der Waals surface area contributed by atoms with Crippen LogP contribution in [0, 0.1) is 5.41 Å². The summed E-state index contributed by atoms with van der Waals surface area (Å²) >= 11 is 1.62. The van der Waals surface area contributed by atoms with Gasteiger partial charge in [0.1, 0.15) is 0 Å². The highest BCUT2D eigenvalue weighted by molar-refractivity contribution is 7.15. The van der Waals surface area contributed by atoms with Gasteiger partial charge in [0.15, 0.2) is 5.13 Å². The maximum atomic E-state index is 9.42. The molecule has 1 spiro atoms. The van der Waals surface area contributed by atoms with E-state index in [0.29, 0.717) is 12.0 Å². The van der Waals surface area contributed by atoms with Crippen molar-refractivity contribution in [1.82, 2.24) is 4.98 Å². The number of aromatic nitrogens is 1. The summed E-state index contributed by atoms with van der Waals surface area (Å²) in [6.45, 7) is 2.79. The standard InChI is InChI=1S/C15H24N2O2S/c1-19-11-12-13(10-18)20-14(16-12)17-8-6-15(7-9-17)4-2-3-5-15/h18H,2-11H2,1H3. The van der Waals surface area contributed by atoms with Crippen LogP contribution in [0.2, 0.25) is 0 Å². The first-order valence-electron chi connectivity index (χ1n) is 7.60. The molecule has 1 aromatic heterocycles. The van der Waals surface area contributed by atoms with Gasteiger partial charge in [-0.05, 0) is 31.1 Å². The molecule has 1 saturated heterocycles. The maximum Gasteiger partial charge on any atom is 0.185 e. The highest BCUT2D eigenvalue weighted by Gasteiger charge is 2.37. The first kappa shape index (κ1) is 14.3. The van der Waals surface area contributed by atoms with E-state index >= 15 is 0 Å².